The molecule has 0 spiro atoms. The molecule has 0 amide bonds. The van der Waals surface area contributed by atoms with E-state index in [0.717, 1.165) is 82.2 Å². The minimum atomic E-state index is -0.410. The minimum Gasteiger partial charge on any atom is -0.493 e. The van der Waals surface area contributed by atoms with Crippen LogP contribution in [0, 0.1) is 11.8 Å². The van der Waals surface area contributed by atoms with Crippen LogP contribution >= 0.6 is 0 Å². The van der Waals surface area contributed by atoms with E-state index < -0.39 is 12.2 Å². The molecule has 2 aromatic heterocycles. The van der Waals surface area contributed by atoms with E-state index in [1.165, 1.54) is 75.3 Å². The number of aromatic nitrogens is 4. The Morgan fingerprint density at radius 2 is 0.723 bits per heavy atom. The molecule has 6 rings (SSSR count). The van der Waals surface area contributed by atoms with Gasteiger partial charge in [-0.1, -0.05) is 179 Å². The lowest BCUT2D eigenvalue weighted by Gasteiger charge is -2.27. The predicted molar refractivity (Wildman–Crippen MR) is 267 cm³/mol. The molecule has 4 unspecified atom stereocenters. The second-order valence-electron chi connectivity index (χ2n) is 18.1. The normalized spacial score (nSPS) is 13.3. The lowest BCUT2D eigenvalue weighted by molar-refractivity contribution is 0.0308. The van der Waals surface area contributed by atoms with E-state index in [1.54, 1.807) is 0 Å². The minimum absolute atomic E-state index is 0.410. The van der Waals surface area contributed by atoms with Gasteiger partial charge in [-0.25, -0.2) is 19.9 Å². The molecule has 0 fully saturated rings. The van der Waals surface area contributed by atoms with Gasteiger partial charge in [-0.15, -0.1) is 0 Å². The van der Waals surface area contributed by atoms with Crippen LogP contribution in [-0.4, -0.2) is 33.1 Å². The fraction of sp³-hybridized carbons (Fsp3) is 0.448. The van der Waals surface area contributed by atoms with E-state index in [9.17, 15) is 0 Å². The van der Waals surface area contributed by atoms with Gasteiger partial charge >= 0.3 is 0 Å². The van der Waals surface area contributed by atoms with Gasteiger partial charge in [0.2, 0.25) is 0 Å². The molecule has 344 valence electrons. The summed E-state index contributed by atoms with van der Waals surface area (Å²) in [7, 11) is 0. The van der Waals surface area contributed by atoms with Crippen molar-refractivity contribution in [2.45, 2.75) is 144 Å². The maximum atomic E-state index is 7.41. The SMILES string of the molecule is CCCCCCCc1cnc(-c2ccc(C(OC(c3ccc(OCC(C)CC)cc3)c3ccc(-c4ncc(CCCCCCC)cn4)cc3)c3ccc(OCC(C)CC)cc3)cc2)nc1. The third-order valence-corrected chi connectivity index (χ3v) is 12.6. The quantitative estimate of drug-likeness (QED) is 0.0454. The zero-order valence-electron chi connectivity index (χ0n) is 40.2. The molecular formula is C58H74N4O3. The van der Waals surface area contributed by atoms with Crippen LogP contribution in [0.2, 0.25) is 0 Å². The molecule has 2 heterocycles. The summed E-state index contributed by atoms with van der Waals surface area (Å²) >= 11 is 0. The Morgan fingerprint density at radius 1 is 0.400 bits per heavy atom. The van der Waals surface area contributed by atoms with E-state index in [2.05, 4.69) is 139 Å². The van der Waals surface area contributed by atoms with Crippen LogP contribution in [-0.2, 0) is 17.6 Å². The number of benzene rings is 4. The van der Waals surface area contributed by atoms with Crippen molar-refractivity contribution in [3.05, 3.63) is 155 Å². The molecule has 7 heteroatoms. The van der Waals surface area contributed by atoms with Crippen molar-refractivity contribution in [1.29, 1.82) is 0 Å². The summed E-state index contributed by atoms with van der Waals surface area (Å²) in [5.74, 6) is 4.12. The fourth-order valence-electron chi connectivity index (χ4n) is 7.77. The third kappa shape index (κ3) is 15.3. The van der Waals surface area contributed by atoms with Gasteiger partial charge < -0.3 is 14.2 Å². The van der Waals surface area contributed by atoms with E-state index in [4.69, 9.17) is 34.1 Å². The van der Waals surface area contributed by atoms with Crippen molar-refractivity contribution >= 4 is 0 Å². The third-order valence-electron chi connectivity index (χ3n) is 12.6. The van der Waals surface area contributed by atoms with Crippen molar-refractivity contribution in [3.63, 3.8) is 0 Å². The average molecular weight is 875 g/mol. The molecule has 0 saturated carbocycles. The van der Waals surface area contributed by atoms with Gasteiger partial charge in [0, 0.05) is 35.9 Å². The second kappa shape index (κ2) is 26.5. The molecule has 4 aromatic carbocycles. The number of hydrogen-bond donors (Lipinski definition) is 0. The smallest absolute Gasteiger partial charge is 0.159 e. The highest BCUT2D eigenvalue weighted by Gasteiger charge is 2.25. The Hall–Kier alpha value is -5.40. The first-order valence-corrected chi connectivity index (χ1v) is 24.8. The molecule has 0 aliphatic rings. The highest BCUT2D eigenvalue weighted by molar-refractivity contribution is 5.57. The molecule has 0 aliphatic carbocycles. The molecular weight excluding hydrogens is 801 g/mol. The van der Waals surface area contributed by atoms with Crippen LogP contribution in [0.3, 0.4) is 0 Å². The monoisotopic (exact) mass is 875 g/mol. The van der Waals surface area contributed by atoms with E-state index >= 15 is 0 Å². The number of hydrogen-bond acceptors (Lipinski definition) is 7. The van der Waals surface area contributed by atoms with Crippen LogP contribution in [0.25, 0.3) is 22.8 Å². The average Bonchev–Trinajstić information content (AvgIpc) is 3.36. The summed E-state index contributed by atoms with van der Waals surface area (Å²) in [5.41, 5.74) is 8.44. The van der Waals surface area contributed by atoms with E-state index in [0.29, 0.717) is 25.0 Å². The van der Waals surface area contributed by atoms with E-state index in [-0.39, 0.29) is 0 Å². The molecule has 0 N–H and O–H groups in total. The van der Waals surface area contributed by atoms with Crippen LogP contribution in [0.4, 0.5) is 0 Å². The predicted octanol–water partition coefficient (Wildman–Crippen LogP) is 15.4. The van der Waals surface area contributed by atoms with E-state index in [1.807, 2.05) is 24.8 Å². The van der Waals surface area contributed by atoms with Crippen LogP contribution in [0.1, 0.15) is 164 Å². The Kier molecular flexibility index (Phi) is 20.0. The standard InChI is InChI=1S/C58H74N4O3/c1-7-11-13-15-17-19-45-37-59-57(60-38-45)51-25-21-47(22-26-51)55(49-29-33-53(34-30-49)63-41-43(5)9-3)65-56(50-31-35-54(36-32-50)64-42-44(6)10-4)48-23-27-52(28-24-48)58-61-39-46(40-62-58)20-18-16-14-12-8-2/h21-40,43-44,55-56H,7-20,41-42H2,1-6H3. The Balaban J connectivity index is 1.29. The van der Waals surface area contributed by atoms with Crippen molar-refractivity contribution in [2.24, 2.45) is 11.8 Å². The highest BCUT2D eigenvalue weighted by atomic mass is 16.5. The molecule has 0 bridgehead atoms. The maximum Gasteiger partial charge on any atom is 0.159 e. The lowest BCUT2D eigenvalue weighted by Crippen LogP contribution is -2.14. The molecule has 7 nitrogen and oxygen atoms in total. The Labute approximate surface area is 390 Å². The maximum absolute atomic E-state index is 7.41. The number of aryl methyl sites for hydroxylation is 2. The van der Waals surface area contributed by atoms with Crippen LogP contribution in [0.15, 0.2) is 122 Å². The zero-order valence-corrected chi connectivity index (χ0v) is 40.2. The number of unbranched alkanes of at least 4 members (excludes halogenated alkanes) is 8. The highest BCUT2D eigenvalue weighted by Crippen LogP contribution is 2.38. The summed E-state index contributed by atoms with van der Waals surface area (Å²) in [6, 6.07) is 33.8. The molecule has 65 heavy (non-hydrogen) atoms. The lowest BCUT2D eigenvalue weighted by atomic mass is 9.96. The molecule has 0 aliphatic heterocycles. The Morgan fingerprint density at radius 3 is 1.05 bits per heavy atom. The van der Waals surface area contributed by atoms with Gasteiger partial charge in [-0.3, -0.25) is 0 Å². The number of ether oxygens (including phenoxy) is 3. The van der Waals surface area contributed by atoms with Crippen molar-refractivity contribution < 1.29 is 14.2 Å². The first-order valence-electron chi connectivity index (χ1n) is 24.8. The van der Waals surface area contributed by atoms with Gasteiger partial charge in [0.1, 0.15) is 23.7 Å². The fourth-order valence-corrected chi connectivity index (χ4v) is 7.77. The molecule has 6 aromatic rings. The summed E-state index contributed by atoms with van der Waals surface area (Å²) in [4.78, 5) is 19.1. The zero-order chi connectivity index (χ0) is 45.6. The molecule has 0 radical (unpaired) electrons. The molecule has 4 atom stereocenters. The first kappa shape index (κ1) is 49.0. The second-order valence-corrected chi connectivity index (χ2v) is 18.1. The summed E-state index contributed by atoms with van der Waals surface area (Å²) in [6.45, 7) is 14.7. The van der Waals surface area contributed by atoms with Crippen molar-refractivity contribution in [1.82, 2.24) is 19.9 Å². The van der Waals surface area contributed by atoms with Crippen LogP contribution < -0.4 is 9.47 Å². The number of rotatable bonds is 28. The topological polar surface area (TPSA) is 79.2 Å². The largest absolute Gasteiger partial charge is 0.493 e. The van der Waals surface area contributed by atoms with Gasteiger partial charge in [-0.2, -0.15) is 0 Å². The van der Waals surface area contributed by atoms with Gasteiger partial charge in [0.25, 0.3) is 0 Å². The van der Waals surface area contributed by atoms with Crippen molar-refractivity contribution in [3.8, 4) is 34.3 Å². The summed E-state index contributed by atoms with van der Waals surface area (Å²) in [6.07, 6.45) is 23.8. The molecule has 0 saturated heterocycles. The van der Waals surface area contributed by atoms with Gasteiger partial charge in [0.15, 0.2) is 11.6 Å². The van der Waals surface area contributed by atoms with Gasteiger partial charge in [0.05, 0.1) is 13.2 Å². The van der Waals surface area contributed by atoms with Gasteiger partial charge in [-0.05, 0) is 95.2 Å². The van der Waals surface area contributed by atoms with Crippen LogP contribution in [0.5, 0.6) is 11.5 Å². The Bertz CT molecular complexity index is 2050. The van der Waals surface area contributed by atoms with Crippen molar-refractivity contribution in [2.75, 3.05) is 13.2 Å². The summed E-state index contributed by atoms with van der Waals surface area (Å²) in [5, 5.41) is 0. The summed E-state index contributed by atoms with van der Waals surface area (Å²) < 4.78 is 19.8. The number of nitrogens with zero attached hydrogens (tertiary/aromatic N) is 4. The first-order chi connectivity index (χ1) is 31.9.